The van der Waals surface area contributed by atoms with E-state index >= 15 is 0 Å². The molecule has 3 N–H and O–H groups in total. The van der Waals surface area contributed by atoms with Crippen molar-refractivity contribution in [1.82, 2.24) is 5.32 Å². The van der Waals surface area contributed by atoms with Gasteiger partial charge in [0.05, 0.1) is 13.2 Å². The van der Waals surface area contributed by atoms with Gasteiger partial charge in [0.2, 0.25) is 0 Å². The number of hydrogen-bond acceptors (Lipinski definition) is 3. The average molecular weight is 270 g/mol. The highest BCUT2D eigenvalue weighted by Crippen LogP contribution is 2.20. The van der Waals surface area contributed by atoms with E-state index in [1.165, 1.54) is 19.2 Å². The lowest BCUT2D eigenvalue weighted by Gasteiger charge is -2.10. The number of benzene rings is 1. The van der Waals surface area contributed by atoms with Gasteiger partial charge in [-0.3, -0.25) is 0 Å². The quantitative estimate of drug-likeness (QED) is 0.741. The third-order valence-corrected chi connectivity index (χ3v) is 2.64. The number of carbonyl (C=O) groups excluding carboxylic acids is 1. The molecule has 6 heteroatoms. The van der Waals surface area contributed by atoms with E-state index in [2.05, 4.69) is 10.6 Å². The van der Waals surface area contributed by atoms with Gasteiger partial charge in [0.15, 0.2) is 11.6 Å². The fraction of sp³-hybridized carbons (Fsp3) is 0.462. The van der Waals surface area contributed by atoms with Gasteiger partial charge in [-0.25, -0.2) is 9.18 Å². The first-order valence-electron chi connectivity index (χ1n) is 6.13. The highest BCUT2D eigenvalue weighted by molar-refractivity contribution is 5.89. The molecule has 0 spiro atoms. The van der Waals surface area contributed by atoms with Crippen molar-refractivity contribution in [2.75, 3.05) is 19.0 Å². The minimum absolute atomic E-state index is 0.122. The molecule has 0 saturated heterocycles. The molecular formula is C13H19FN2O3. The van der Waals surface area contributed by atoms with Crippen molar-refractivity contribution in [3.05, 3.63) is 24.0 Å². The second kappa shape index (κ2) is 7.58. The number of urea groups is 1. The second-order valence-corrected chi connectivity index (χ2v) is 4.08. The summed E-state index contributed by atoms with van der Waals surface area (Å²) < 4.78 is 18.2. The molecule has 1 aromatic carbocycles. The average Bonchev–Trinajstić information content (AvgIpc) is 2.38. The van der Waals surface area contributed by atoms with E-state index in [9.17, 15) is 14.3 Å². The zero-order chi connectivity index (χ0) is 14.3. The predicted molar refractivity (Wildman–Crippen MR) is 70.9 cm³/mol. The largest absolute Gasteiger partial charge is 0.494 e. The number of ether oxygens (including phenoxy) is 1. The molecule has 5 nitrogen and oxygen atoms in total. The summed E-state index contributed by atoms with van der Waals surface area (Å²) in [5, 5.41) is 14.4. The standard InChI is InChI=1S/C13H19FN2O3/c1-3-10(17)6-7-15-13(18)16-9-4-5-12(19-2)11(14)8-9/h4-5,8,10,17H,3,6-7H2,1-2H3,(H2,15,16,18). The molecule has 1 unspecified atom stereocenters. The van der Waals surface area contributed by atoms with Gasteiger partial charge < -0.3 is 20.5 Å². The predicted octanol–water partition coefficient (Wildman–Crippen LogP) is 2.12. The van der Waals surface area contributed by atoms with Crippen molar-refractivity contribution in [3.8, 4) is 5.75 Å². The molecule has 0 bridgehead atoms. The Morgan fingerprint density at radius 3 is 2.84 bits per heavy atom. The molecule has 0 aromatic heterocycles. The van der Waals surface area contributed by atoms with Crippen LogP contribution < -0.4 is 15.4 Å². The molecule has 0 heterocycles. The molecule has 0 aliphatic rings. The van der Waals surface area contributed by atoms with Crippen molar-refractivity contribution in [3.63, 3.8) is 0 Å². The molecule has 1 rings (SSSR count). The maximum atomic E-state index is 13.4. The van der Waals surface area contributed by atoms with Gasteiger partial charge in [0.1, 0.15) is 0 Å². The topological polar surface area (TPSA) is 70.6 Å². The lowest BCUT2D eigenvalue weighted by atomic mass is 10.2. The van der Waals surface area contributed by atoms with Crippen LogP contribution in [0, 0.1) is 5.82 Å². The van der Waals surface area contributed by atoms with E-state index in [-0.39, 0.29) is 5.75 Å². The zero-order valence-electron chi connectivity index (χ0n) is 11.1. The van der Waals surface area contributed by atoms with Crippen LogP contribution >= 0.6 is 0 Å². The van der Waals surface area contributed by atoms with Gasteiger partial charge in [0.25, 0.3) is 0 Å². The lowest BCUT2D eigenvalue weighted by Crippen LogP contribution is -2.31. The van der Waals surface area contributed by atoms with Crippen LogP contribution in [0.3, 0.4) is 0 Å². The summed E-state index contributed by atoms with van der Waals surface area (Å²) in [5.41, 5.74) is 0.340. The molecule has 1 atom stereocenters. The van der Waals surface area contributed by atoms with Gasteiger partial charge in [-0.1, -0.05) is 6.92 Å². The first-order chi connectivity index (χ1) is 9.06. The number of carbonyl (C=O) groups is 1. The Bertz CT molecular complexity index is 426. The Hall–Kier alpha value is -1.82. The fourth-order valence-corrected chi connectivity index (χ4v) is 1.48. The number of aliphatic hydroxyl groups excluding tert-OH is 1. The van der Waals surface area contributed by atoms with Crippen LogP contribution in [0.25, 0.3) is 0 Å². The van der Waals surface area contributed by atoms with E-state index in [0.717, 1.165) is 0 Å². The van der Waals surface area contributed by atoms with Gasteiger partial charge in [-0.05, 0) is 25.0 Å². The summed E-state index contributed by atoms with van der Waals surface area (Å²) in [6.45, 7) is 2.23. The van der Waals surface area contributed by atoms with E-state index in [0.29, 0.717) is 25.1 Å². The number of aliphatic hydroxyl groups is 1. The summed E-state index contributed by atoms with van der Waals surface area (Å²) in [6, 6.07) is 3.72. The Morgan fingerprint density at radius 2 is 2.26 bits per heavy atom. The van der Waals surface area contributed by atoms with E-state index in [4.69, 9.17) is 4.74 Å². The van der Waals surface area contributed by atoms with Crippen LogP contribution in [0.5, 0.6) is 5.75 Å². The minimum Gasteiger partial charge on any atom is -0.494 e. The van der Waals surface area contributed by atoms with E-state index in [1.54, 1.807) is 6.07 Å². The Kier molecular flexibility index (Phi) is 6.08. The van der Waals surface area contributed by atoms with E-state index in [1.807, 2.05) is 6.92 Å². The van der Waals surface area contributed by atoms with Gasteiger partial charge in [-0.2, -0.15) is 0 Å². The van der Waals surface area contributed by atoms with Crippen molar-refractivity contribution < 1.29 is 19.0 Å². The van der Waals surface area contributed by atoms with Gasteiger partial charge in [0, 0.05) is 18.3 Å². The SMILES string of the molecule is CCC(O)CCNC(=O)Nc1ccc(OC)c(F)c1. The summed E-state index contributed by atoms with van der Waals surface area (Å²) >= 11 is 0. The summed E-state index contributed by atoms with van der Waals surface area (Å²) in [6.07, 6.45) is 0.715. The molecule has 0 aliphatic carbocycles. The number of methoxy groups -OCH3 is 1. The molecule has 2 amide bonds. The number of halogens is 1. The normalized spacial score (nSPS) is 11.8. The Balaban J connectivity index is 2.42. The van der Waals surface area contributed by atoms with E-state index < -0.39 is 18.0 Å². The first kappa shape index (κ1) is 15.2. The lowest BCUT2D eigenvalue weighted by molar-refractivity contribution is 0.160. The third-order valence-electron chi connectivity index (χ3n) is 2.64. The van der Waals surface area contributed by atoms with Crippen molar-refractivity contribution >= 4 is 11.7 Å². The minimum atomic E-state index is -0.540. The van der Waals surface area contributed by atoms with Crippen LogP contribution in [0.4, 0.5) is 14.9 Å². The third kappa shape index (κ3) is 5.13. The fourth-order valence-electron chi connectivity index (χ4n) is 1.48. The van der Waals surface area contributed by atoms with Crippen LogP contribution in [0.1, 0.15) is 19.8 Å². The van der Waals surface area contributed by atoms with Crippen LogP contribution in [0.2, 0.25) is 0 Å². The van der Waals surface area contributed by atoms with Crippen molar-refractivity contribution in [1.29, 1.82) is 0 Å². The summed E-state index contributed by atoms with van der Waals surface area (Å²) in [5.74, 6) is -0.418. The second-order valence-electron chi connectivity index (χ2n) is 4.08. The van der Waals surface area contributed by atoms with Crippen molar-refractivity contribution in [2.24, 2.45) is 0 Å². The molecule has 0 radical (unpaired) electrons. The molecule has 0 saturated carbocycles. The smallest absolute Gasteiger partial charge is 0.319 e. The number of amides is 2. The van der Waals surface area contributed by atoms with Crippen LogP contribution in [0.15, 0.2) is 18.2 Å². The summed E-state index contributed by atoms with van der Waals surface area (Å²) in [7, 11) is 1.37. The Labute approximate surface area is 111 Å². The highest BCUT2D eigenvalue weighted by atomic mass is 19.1. The Morgan fingerprint density at radius 1 is 1.53 bits per heavy atom. The molecule has 19 heavy (non-hydrogen) atoms. The number of nitrogens with one attached hydrogen (secondary N) is 2. The van der Waals surface area contributed by atoms with Crippen LogP contribution in [-0.4, -0.2) is 30.9 Å². The van der Waals surface area contributed by atoms with Crippen molar-refractivity contribution in [2.45, 2.75) is 25.9 Å². The number of hydrogen-bond donors (Lipinski definition) is 3. The molecule has 106 valence electrons. The number of rotatable bonds is 6. The number of anilines is 1. The molecule has 0 fully saturated rings. The highest BCUT2D eigenvalue weighted by Gasteiger charge is 2.07. The zero-order valence-corrected chi connectivity index (χ0v) is 11.1. The van der Waals surface area contributed by atoms with Crippen LogP contribution in [-0.2, 0) is 0 Å². The van der Waals surface area contributed by atoms with Gasteiger partial charge in [-0.15, -0.1) is 0 Å². The maximum absolute atomic E-state index is 13.4. The molecular weight excluding hydrogens is 251 g/mol. The van der Waals surface area contributed by atoms with Gasteiger partial charge >= 0.3 is 6.03 Å². The monoisotopic (exact) mass is 270 g/mol. The maximum Gasteiger partial charge on any atom is 0.319 e. The molecule has 1 aromatic rings. The molecule has 0 aliphatic heterocycles. The summed E-state index contributed by atoms with van der Waals surface area (Å²) in [4.78, 5) is 11.5. The first-order valence-corrected chi connectivity index (χ1v) is 6.13.